The zero-order valence-corrected chi connectivity index (χ0v) is 13.2. The Labute approximate surface area is 131 Å². The molecule has 1 atom stereocenters. The van der Waals surface area contributed by atoms with E-state index in [0.29, 0.717) is 12.8 Å². The summed E-state index contributed by atoms with van der Waals surface area (Å²) in [5, 5.41) is 9.02. The second kappa shape index (κ2) is 8.08. The van der Waals surface area contributed by atoms with Crippen LogP contribution >= 0.6 is 0 Å². The number of nitrogens with one attached hydrogen (secondary N) is 1. The van der Waals surface area contributed by atoms with Crippen LogP contribution in [0.1, 0.15) is 30.0 Å². The highest BCUT2D eigenvalue weighted by molar-refractivity contribution is 7.88. The predicted molar refractivity (Wildman–Crippen MR) is 87.7 cm³/mol. The zero-order valence-electron chi connectivity index (χ0n) is 12.4. The number of hydrogen-bond acceptors (Lipinski definition) is 3. The summed E-state index contributed by atoms with van der Waals surface area (Å²) in [5.41, 5.74) is 1.66. The number of aliphatic hydroxyl groups is 1. The van der Waals surface area contributed by atoms with Gasteiger partial charge in [-0.25, -0.2) is 13.1 Å². The van der Waals surface area contributed by atoms with Gasteiger partial charge in [0.1, 0.15) is 0 Å². The molecule has 0 fully saturated rings. The van der Waals surface area contributed by atoms with Gasteiger partial charge in [0.15, 0.2) is 0 Å². The van der Waals surface area contributed by atoms with Gasteiger partial charge in [0.05, 0.1) is 5.75 Å². The minimum absolute atomic E-state index is 0.0453. The van der Waals surface area contributed by atoms with Gasteiger partial charge >= 0.3 is 0 Å². The van der Waals surface area contributed by atoms with Crippen LogP contribution in [0.15, 0.2) is 60.7 Å². The first-order valence-electron chi connectivity index (χ1n) is 7.30. The molecule has 0 spiro atoms. The molecule has 0 heterocycles. The van der Waals surface area contributed by atoms with Crippen LogP contribution in [0.4, 0.5) is 0 Å². The molecule has 0 aromatic heterocycles. The third-order valence-corrected chi connectivity index (χ3v) is 4.73. The van der Waals surface area contributed by atoms with Gasteiger partial charge in [-0.3, -0.25) is 0 Å². The summed E-state index contributed by atoms with van der Waals surface area (Å²) in [5.74, 6) is -0.0453. The summed E-state index contributed by atoms with van der Waals surface area (Å²) in [6, 6.07) is 18.2. The van der Waals surface area contributed by atoms with Crippen LogP contribution in [-0.2, 0) is 15.8 Å². The van der Waals surface area contributed by atoms with Gasteiger partial charge < -0.3 is 5.11 Å². The van der Waals surface area contributed by atoms with Gasteiger partial charge in [-0.2, -0.15) is 0 Å². The standard InChI is InChI=1S/C17H21NO3S/c19-13-7-12-17(16-10-5-2-6-11-16)18-22(20,21)14-15-8-3-1-4-9-15/h1-6,8-11,17-19H,7,12-14H2. The third-order valence-electron chi connectivity index (χ3n) is 3.37. The summed E-state index contributed by atoms with van der Waals surface area (Å²) in [7, 11) is -3.44. The highest BCUT2D eigenvalue weighted by atomic mass is 32.2. The van der Waals surface area contributed by atoms with Crippen molar-refractivity contribution < 1.29 is 13.5 Å². The van der Waals surface area contributed by atoms with Crippen LogP contribution in [0.2, 0.25) is 0 Å². The van der Waals surface area contributed by atoms with Crippen molar-refractivity contribution in [2.75, 3.05) is 6.61 Å². The molecule has 2 aromatic carbocycles. The summed E-state index contributed by atoms with van der Waals surface area (Å²) >= 11 is 0. The fourth-order valence-electron chi connectivity index (χ4n) is 2.33. The van der Waals surface area contributed by atoms with Crippen molar-refractivity contribution in [1.82, 2.24) is 4.72 Å². The van der Waals surface area contributed by atoms with Crippen molar-refractivity contribution in [3.05, 3.63) is 71.8 Å². The van der Waals surface area contributed by atoms with E-state index in [9.17, 15) is 8.42 Å². The molecule has 2 N–H and O–H groups in total. The maximum atomic E-state index is 12.4. The lowest BCUT2D eigenvalue weighted by atomic mass is 10.0. The molecular weight excluding hydrogens is 298 g/mol. The topological polar surface area (TPSA) is 66.4 Å². The average Bonchev–Trinajstić information content (AvgIpc) is 2.53. The van der Waals surface area contributed by atoms with Crippen molar-refractivity contribution in [3.8, 4) is 0 Å². The Kier molecular flexibility index (Phi) is 6.12. The first-order chi connectivity index (χ1) is 10.6. The molecule has 0 aliphatic heterocycles. The number of sulfonamides is 1. The highest BCUT2D eigenvalue weighted by Crippen LogP contribution is 2.20. The second-order valence-corrected chi connectivity index (χ2v) is 6.95. The minimum Gasteiger partial charge on any atom is -0.396 e. The Morgan fingerprint density at radius 2 is 1.55 bits per heavy atom. The number of rotatable bonds is 8. The molecule has 0 saturated carbocycles. The first-order valence-corrected chi connectivity index (χ1v) is 8.96. The minimum atomic E-state index is -3.44. The Bertz CT molecular complexity index is 657. The maximum absolute atomic E-state index is 12.4. The Hall–Kier alpha value is -1.69. The Balaban J connectivity index is 2.12. The summed E-state index contributed by atoms with van der Waals surface area (Å²) < 4.78 is 27.5. The van der Waals surface area contributed by atoms with E-state index in [2.05, 4.69) is 4.72 Å². The molecule has 0 radical (unpaired) electrons. The summed E-state index contributed by atoms with van der Waals surface area (Å²) in [6.45, 7) is 0.0454. The normalized spacial score (nSPS) is 13.0. The van der Waals surface area contributed by atoms with E-state index in [0.717, 1.165) is 11.1 Å². The van der Waals surface area contributed by atoms with Gasteiger partial charge in [-0.15, -0.1) is 0 Å². The van der Waals surface area contributed by atoms with E-state index in [-0.39, 0.29) is 18.4 Å². The fraction of sp³-hybridized carbons (Fsp3) is 0.294. The van der Waals surface area contributed by atoms with Crippen molar-refractivity contribution >= 4 is 10.0 Å². The number of aliphatic hydroxyl groups excluding tert-OH is 1. The van der Waals surface area contributed by atoms with E-state index in [1.165, 1.54) is 0 Å². The largest absolute Gasteiger partial charge is 0.396 e. The number of hydrogen-bond donors (Lipinski definition) is 2. The van der Waals surface area contributed by atoms with Crippen LogP contribution in [0.5, 0.6) is 0 Å². The van der Waals surface area contributed by atoms with E-state index < -0.39 is 10.0 Å². The molecule has 0 aliphatic carbocycles. The van der Waals surface area contributed by atoms with Crippen molar-refractivity contribution in [2.24, 2.45) is 0 Å². The molecule has 2 rings (SSSR count). The molecule has 1 unspecified atom stereocenters. The van der Waals surface area contributed by atoms with Gasteiger partial charge in [0, 0.05) is 12.6 Å². The molecule has 2 aromatic rings. The molecule has 4 nitrogen and oxygen atoms in total. The molecule has 5 heteroatoms. The molecule has 0 amide bonds. The smallest absolute Gasteiger partial charge is 0.216 e. The van der Waals surface area contributed by atoms with Crippen LogP contribution < -0.4 is 4.72 Å². The van der Waals surface area contributed by atoms with Crippen LogP contribution in [-0.4, -0.2) is 20.1 Å². The van der Waals surface area contributed by atoms with Crippen molar-refractivity contribution in [2.45, 2.75) is 24.6 Å². The van der Waals surface area contributed by atoms with E-state index in [4.69, 9.17) is 5.11 Å². The quantitative estimate of drug-likeness (QED) is 0.786. The maximum Gasteiger partial charge on any atom is 0.216 e. The molecule has 0 aliphatic rings. The Morgan fingerprint density at radius 3 is 2.14 bits per heavy atom. The molecule has 118 valence electrons. The van der Waals surface area contributed by atoms with Gasteiger partial charge in [0.25, 0.3) is 0 Å². The second-order valence-electron chi connectivity index (χ2n) is 5.19. The van der Waals surface area contributed by atoms with Crippen LogP contribution in [0.25, 0.3) is 0 Å². The van der Waals surface area contributed by atoms with Gasteiger partial charge in [-0.1, -0.05) is 60.7 Å². The lowest BCUT2D eigenvalue weighted by Crippen LogP contribution is -2.30. The SMILES string of the molecule is O=S(=O)(Cc1ccccc1)NC(CCCO)c1ccccc1. The van der Waals surface area contributed by atoms with E-state index in [1.54, 1.807) is 12.1 Å². The summed E-state index contributed by atoms with van der Waals surface area (Å²) in [4.78, 5) is 0. The molecule has 0 bridgehead atoms. The third kappa shape index (κ3) is 5.26. The summed E-state index contributed by atoms with van der Waals surface area (Å²) in [6.07, 6.45) is 1.11. The molecule has 0 saturated heterocycles. The predicted octanol–water partition coefficient (Wildman–Crippen LogP) is 2.62. The monoisotopic (exact) mass is 319 g/mol. The van der Waals surface area contributed by atoms with E-state index in [1.807, 2.05) is 48.5 Å². The fourth-order valence-corrected chi connectivity index (χ4v) is 3.73. The average molecular weight is 319 g/mol. The van der Waals surface area contributed by atoms with Crippen LogP contribution in [0, 0.1) is 0 Å². The van der Waals surface area contributed by atoms with Gasteiger partial charge in [-0.05, 0) is 24.0 Å². The van der Waals surface area contributed by atoms with Crippen LogP contribution in [0.3, 0.4) is 0 Å². The Morgan fingerprint density at radius 1 is 0.955 bits per heavy atom. The first kappa shape index (κ1) is 16.7. The lowest BCUT2D eigenvalue weighted by molar-refractivity contribution is 0.278. The molecule has 22 heavy (non-hydrogen) atoms. The zero-order chi connectivity index (χ0) is 15.8. The highest BCUT2D eigenvalue weighted by Gasteiger charge is 2.19. The van der Waals surface area contributed by atoms with E-state index >= 15 is 0 Å². The lowest BCUT2D eigenvalue weighted by Gasteiger charge is -2.19. The number of benzene rings is 2. The van der Waals surface area contributed by atoms with Crippen molar-refractivity contribution in [1.29, 1.82) is 0 Å². The van der Waals surface area contributed by atoms with Gasteiger partial charge in [0.2, 0.25) is 10.0 Å². The molecular formula is C17H21NO3S. The van der Waals surface area contributed by atoms with Crippen molar-refractivity contribution in [3.63, 3.8) is 0 Å².